The molecule has 1 fully saturated rings. The lowest BCUT2D eigenvalue weighted by Crippen LogP contribution is -2.49. The largest absolute Gasteiger partial charge is 0.489 e. The van der Waals surface area contributed by atoms with Crippen molar-refractivity contribution < 1.29 is 14.3 Å². The van der Waals surface area contributed by atoms with Gasteiger partial charge in [-0.1, -0.05) is 23.7 Å². The number of rotatable bonds is 9. The van der Waals surface area contributed by atoms with Gasteiger partial charge in [-0.25, -0.2) is 4.79 Å². The molecule has 1 aliphatic heterocycles. The van der Waals surface area contributed by atoms with Crippen molar-refractivity contribution in [2.75, 3.05) is 45.9 Å². The Morgan fingerprint density at radius 3 is 2.27 bits per heavy atom. The van der Waals surface area contributed by atoms with E-state index in [0.29, 0.717) is 12.2 Å². The molecule has 0 aliphatic carbocycles. The summed E-state index contributed by atoms with van der Waals surface area (Å²) in [5, 5.41) is 0.723. The molecule has 1 aliphatic rings. The lowest BCUT2D eigenvalue weighted by Gasteiger charge is -2.35. The number of piperazine rings is 1. The zero-order chi connectivity index (χ0) is 21.3. The van der Waals surface area contributed by atoms with Gasteiger partial charge in [-0.15, -0.1) is 0 Å². The van der Waals surface area contributed by atoms with Crippen LogP contribution in [-0.2, 0) is 11.2 Å². The maximum Gasteiger partial charge on any atom is 0.338 e. The molecule has 6 heteroatoms. The van der Waals surface area contributed by atoms with Gasteiger partial charge >= 0.3 is 5.97 Å². The molecule has 2 aromatic carbocycles. The van der Waals surface area contributed by atoms with Crippen molar-refractivity contribution in [3.63, 3.8) is 0 Å². The predicted octanol–water partition coefficient (Wildman–Crippen LogP) is 4.14. The van der Waals surface area contributed by atoms with Crippen LogP contribution in [0.4, 0.5) is 0 Å². The van der Waals surface area contributed by atoms with E-state index in [4.69, 9.17) is 21.1 Å². The van der Waals surface area contributed by atoms with Crippen molar-refractivity contribution in [3.05, 3.63) is 64.7 Å². The van der Waals surface area contributed by atoms with Crippen molar-refractivity contribution in [2.24, 2.45) is 0 Å². The van der Waals surface area contributed by atoms with Gasteiger partial charge in [0, 0.05) is 44.3 Å². The second-order valence-corrected chi connectivity index (χ2v) is 8.13. The van der Waals surface area contributed by atoms with Crippen LogP contribution in [-0.4, -0.2) is 67.7 Å². The predicted molar refractivity (Wildman–Crippen MR) is 121 cm³/mol. The van der Waals surface area contributed by atoms with Gasteiger partial charge in [-0.3, -0.25) is 4.90 Å². The second kappa shape index (κ2) is 11.3. The fourth-order valence-electron chi connectivity index (χ4n) is 3.65. The van der Waals surface area contributed by atoms with Crippen LogP contribution in [0.25, 0.3) is 0 Å². The molecule has 2 aromatic rings. The lowest BCUT2D eigenvalue weighted by atomic mass is 10.1. The fraction of sp³-hybridized carbons (Fsp3) is 0.458. The molecule has 30 heavy (non-hydrogen) atoms. The number of benzene rings is 2. The molecule has 0 N–H and O–H groups in total. The summed E-state index contributed by atoms with van der Waals surface area (Å²) in [5.74, 6) is 0.606. The van der Waals surface area contributed by atoms with Crippen LogP contribution in [0.15, 0.2) is 48.5 Å². The first kappa shape index (κ1) is 22.6. The minimum atomic E-state index is -0.255. The monoisotopic (exact) mass is 430 g/mol. The van der Waals surface area contributed by atoms with Gasteiger partial charge in [0.05, 0.1) is 12.2 Å². The molecule has 3 rings (SSSR count). The van der Waals surface area contributed by atoms with Gasteiger partial charge in [0.2, 0.25) is 0 Å². The van der Waals surface area contributed by atoms with Crippen LogP contribution in [0.5, 0.6) is 5.75 Å². The van der Waals surface area contributed by atoms with E-state index < -0.39 is 0 Å². The van der Waals surface area contributed by atoms with Crippen molar-refractivity contribution in [2.45, 2.75) is 26.4 Å². The molecule has 0 saturated carbocycles. The van der Waals surface area contributed by atoms with Crippen molar-refractivity contribution in [1.82, 2.24) is 9.80 Å². The van der Waals surface area contributed by atoms with Crippen molar-refractivity contribution >= 4 is 17.6 Å². The molecule has 1 atom stereocenters. The van der Waals surface area contributed by atoms with Crippen LogP contribution < -0.4 is 4.74 Å². The van der Waals surface area contributed by atoms with Crippen LogP contribution >= 0.6 is 11.6 Å². The van der Waals surface area contributed by atoms with Crippen LogP contribution in [0.3, 0.4) is 0 Å². The first-order chi connectivity index (χ1) is 14.5. The van der Waals surface area contributed by atoms with E-state index in [1.54, 1.807) is 0 Å². The Balaban J connectivity index is 1.36. The van der Waals surface area contributed by atoms with Crippen LogP contribution in [0.1, 0.15) is 29.8 Å². The SMILES string of the molecule is CCOC(=O)c1ccc(CCN2CCN(CC(C)Oc3ccc(Cl)cc3)CC2)cc1. The Kier molecular flexibility index (Phi) is 8.55. The molecular formula is C24H31ClN2O3. The minimum Gasteiger partial charge on any atom is -0.489 e. The zero-order valence-electron chi connectivity index (χ0n) is 17.9. The Hall–Kier alpha value is -2.08. The van der Waals surface area contributed by atoms with Gasteiger partial charge in [-0.05, 0) is 62.2 Å². The van der Waals surface area contributed by atoms with Crippen LogP contribution in [0.2, 0.25) is 5.02 Å². The Morgan fingerprint density at radius 2 is 1.63 bits per heavy atom. The van der Waals surface area contributed by atoms with Gasteiger partial charge in [0.1, 0.15) is 11.9 Å². The highest BCUT2D eigenvalue weighted by atomic mass is 35.5. The number of carbonyl (C=O) groups excluding carboxylic acids is 1. The average molecular weight is 431 g/mol. The summed E-state index contributed by atoms with van der Waals surface area (Å²) in [5.41, 5.74) is 1.86. The summed E-state index contributed by atoms with van der Waals surface area (Å²) >= 11 is 5.93. The standard InChI is InChI=1S/C24H31ClN2O3/c1-3-29-24(28)21-6-4-20(5-7-21)12-13-26-14-16-27(17-15-26)18-19(2)30-23-10-8-22(25)9-11-23/h4-11,19H,3,12-18H2,1-2H3. The normalized spacial score (nSPS) is 16.2. The highest BCUT2D eigenvalue weighted by Crippen LogP contribution is 2.17. The number of halogens is 1. The summed E-state index contributed by atoms with van der Waals surface area (Å²) in [6.07, 6.45) is 1.12. The molecule has 162 valence electrons. The Labute approximate surface area is 184 Å². The molecular weight excluding hydrogens is 400 g/mol. The lowest BCUT2D eigenvalue weighted by molar-refractivity contribution is 0.0526. The Morgan fingerprint density at radius 1 is 1.00 bits per heavy atom. The van der Waals surface area contributed by atoms with E-state index in [2.05, 4.69) is 16.7 Å². The first-order valence-corrected chi connectivity index (χ1v) is 11.0. The number of esters is 1. The van der Waals surface area contributed by atoms with Gasteiger partial charge in [0.15, 0.2) is 0 Å². The van der Waals surface area contributed by atoms with Crippen molar-refractivity contribution in [3.8, 4) is 5.75 Å². The smallest absolute Gasteiger partial charge is 0.338 e. The quantitative estimate of drug-likeness (QED) is 0.559. The third-order valence-corrected chi connectivity index (χ3v) is 5.56. The third-order valence-electron chi connectivity index (χ3n) is 5.31. The summed E-state index contributed by atoms with van der Waals surface area (Å²) < 4.78 is 11.0. The second-order valence-electron chi connectivity index (χ2n) is 7.69. The van der Waals surface area contributed by atoms with E-state index in [1.807, 2.05) is 55.5 Å². The molecule has 1 heterocycles. The van der Waals surface area contributed by atoms with E-state index in [1.165, 1.54) is 5.56 Å². The average Bonchev–Trinajstić information content (AvgIpc) is 2.75. The highest BCUT2D eigenvalue weighted by Gasteiger charge is 2.19. The van der Waals surface area contributed by atoms with Gasteiger partial charge in [0.25, 0.3) is 0 Å². The maximum atomic E-state index is 11.7. The number of nitrogens with zero attached hydrogens (tertiary/aromatic N) is 2. The van der Waals surface area contributed by atoms with E-state index >= 15 is 0 Å². The molecule has 5 nitrogen and oxygen atoms in total. The number of carbonyl (C=O) groups is 1. The minimum absolute atomic E-state index is 0.135. The molecule has 0 spiro atoms. The molecule has 0 amide bonds. The van der Waals surface area contributed by atoms with E-state index in [9.17, 15) is 4.79 Å². The maximum absolute atomic E-state index is 11.7. The number of hydrogen-bond acceptors (Lipinski definition) is 5. The van der Waals surface area contributed by atoms with E-state index in [0.717, 1.165) is 56.5 Å². The Bertz CT molecular complexity index is 787. The third kappa shape index (κ3) is 7.01. The summed E-state index contributed by atoms with van der Waals surface area (Å²) in [6, 6.07) is 15.3. The summed E-state index contributed by atoms with van der Waals surface area (Å²) in [4.78, 5) is 16.7. The topological polar surface area (TPSA) is 42.0 Å². The highest BCUT2D eigenvalue weighted by molar-refractivity contribution is 6.30. The van der Waals surface area contributed by atoms with Crippen molar-refractivity contribution in [1.29, 1.82) is 0 Å². The molecule has 0 bridgehead atoms. The summed E-state index contributed by atoms with van der Waals surface area (Å²) in [6.45, 7) is 10.5. The molecule has 1 saturated heterocycles. The fourth-order valence-corrected chi connectivity index (χ4v) is 3.78. The zero-order valence-corrected chi connectivity index (χ0v) is 18.6. The van der Waals surface area contributed by atoms with E-state index in [-0.39, 0.29) is 12.1 Å². The molecule has 0 radical (unpaired) electrons. The first-order valence-electron chi connectivity index (χ1n) is 10.7. The van der Waals surface area contributed by atoms with Gasteiger partial charge in [-0.2, -0.15) is 0 Å². The number of hydrogen-bond donors (Lipinski definition) is 0. The molecule has 1 unspecified atom stereocenters. The van der Waals surface area contributed by atoms with Crippen LogP contribution in [0, 0.1) is 0 Å². The van der Waals surface area contributed by atoms with Gasteiger partial charge < -0.3 is 14.4 Å². The summed E-state index contributed by atoms with van der Waals surface area (Å²) in [7, 11) is 0. The number of ether oxygens (including phenoxy) is 2. The molecule has 0 aromatic heterocycles.